The summed E-state index contributed by atoms with van der Waals surface area (Å²) in [6, 6.07) is 0. The third kappa shape index (κ3) is 4.29. The van der Waals surface area contributed by atoms with Gasteiger partial charge >= 0.3 is 5.97 Å². The maximum atomic E-state index is 11.5. The van der Waals surface area contributed by atoms with Crippen LogP contribution in [0, 0.1) is 20.8 Å². The highest BCUT2D eigenvalue weighted by atomic mass is 32.2. The Morgan fingerprint density at radius 1 is 1.15 bits per heavy atom. The normalized spacial score (nSPS) is 19.5. The average Bonchev–Trinajstić information content (AvgIpc) is 2.56. The minimum Gasteiger partial charge on any atom is -0.496 e. The second-order valence-corrected chi connectivity index (χ2v) is 8.39. The van der Waals surface area contributed by atoms with Gasteiger partial charge in [-0.25, -0.2) is 0 Å². The molecule has 0 radical (unpaired) electrons. The van der Waals surface area contributed by atoms with Gasteiger partial charge in [0, 0.05) is 12.5 Å². The van der Waals surface area contributed by atoms with Gasteiger partial charge in [0.05, 0.1) is 13.4 Å². The van der Waals surface area contributed by atoms with Gasteiger partial charge in [-0.3, -0.25) is 8.98 Å². The maximum absolute atomic E-state index is 11.5. The number of fused-ring (bicyclic) bond motifs is 1. The molecule has 26 heavy (non-hydrogen) atoms. The lowest BCUT2D eigenvalue weighted by Crippen LogP contribution is -2.49. The number of ether oxygens (including phenoxy) is 3. The van der Waals surface area contributed by atoms with Crippen molar-refractivity contribution in [3.05, 3.63) is 22.3 Å². The van der Waals surface area contributed by atoms with Crippen LogP contribution in [0.1, 0.15) is 35.6 Å². The van der Waals surface area contributed by atoms with Gasteiger partial charge in [-0.1, -0.05) is 0 Å². The van der Waals surface area contributed by atoms with Gasteiger partial charge in [-0.15, -0.1) is 0 Å². The largest absolute Gasteiger partial charge is 0.496 e. The molecule has 0 fully saturated rings. The smallest absolute Gasteiger partial charge is 0.302 e. The number of hydrogen-bond acceptors (Lipinski definition) is 7. The molecule has 2 rings (SSSR count). The molecule has 1 aliphatic heterocycles. The first-order chi connectivity index (χ1) is 12.0. The Hall–Kier alpha value is -1.80. The Balaban J connectivity index is 2.45. The van der Waals surface area contributed by atoms with Crippen LogP contribution in [0.5, 0.6) is 11.5 Å². The van der Waals surface area contributed by atoms with E-state index in [-0.39, 0.29) is 13.2 Å². The minimum absolute atomic E-state index is 0.0825. The lowest BCUT2D eigenvalue weighted by Gasteiger charge is -2.39. The average molecular weight is 386 g/mol. The fraction of sp³-hybridized carbons (Fsp3) is 0.611. The molecule has 8 heteroatoms. The molecule has 0 aliphatic carbocycles. The summed E-state index contributed by atoms with van der Waals surface area (Å²) < 4.78 is 44.8. The molecular formula is C18H26O7S. The van der Waals surface area contributed by atoms with Gasteiger partial charge in [-0.05, 0) is 50.3 Å². The van der Waals surface area contributed by atoms with Crippen molar-refractivity contribution >= 4 is 16.1 Å². The molecule has 1 heterocycles. The van der Waals surface area contributed by atoms with E-state index in [1.807, 2.05) is 20.8 Å². The van der Waals surface area contributed by atoms with Crippen molar-refractivity contribution in [2.45, 2.75) is 46.1 Å². The Bertz CT molecular complexity index is 814. The van der Waals surface area contributed by atoms with E-state index in [9.17, 15) is 13.2 Å². The molecular weight excluding hydrogens is 360 g/mol. The molecule has 1 aromatic rings. The second-order valence-electron chi connectivity index (χ2n) is 6.75. The Labute approximate surface area is 154 Å². The van der Waals surface area contributed by atoms with Crippen molar-refractivity contribution in [2.24, 2.45) is 0 Å². The molecule has 1 aliphatic rings. The van der Waals surface area contributed by atoms with Crippen LogP contribution in [0.25, 0.3) is 0 Å². The first-order valence-electron chi connectivity index (χ1n) is 8.33. The van der Waals surface area contributed by atoms with Crippen molar-refractivity contribution in [2.75, 3.05) is 26.6 Å². The van der Waals surface area contributed by atoms with E-state index in [1.165, 1.54) is 6.92 Å². The topological polar surface area (TPSA) is 88.1 Å². The summed E-state index contributed by atoms with van der Waals surface area (Å²) in [5.74, 6) is 1.04. The van der Waals surface area contributed by atoms with E-state index in [4.69, 9.17) is 18.4 Å². The summed E-state index contributed by atoms with van der Waals surface area (Å²) in [7, 11) is -2.02. The van der Waals surface area contributed by atoms with Crippen molar-refractivity contribution < 1.29 is 31.6 Å². The summed E-state index contributed by atoms with van der Waals surface area (Å²) >= 11 is 0. The highest BCUT2D eigenvalue weighted by Crippen LogP contribution is 2.44. The molecule has 1 atom stereocenters. The van der Waals surface area contributed by atoms with Gasteiger partial charge in [0.15, 0.2) is 5.60 Å². The quantitative estimate of drug-likeness (QED) is 0.547. The van der Waals surface area contributed by atoms with Crippen LogP contribution in [0.3, 0.4) is 0 Å². The molecule has 0 amide bonds. The third-order valence-corrected chi connectivity index (χ3v) is 5.28. The maximum Gasteiger partial charge on any atom is 0.302 e. The molecule has 0 N–H and O–H groups in total. The first kappa shape index (κ1) is 20.5. The molecule has 0 saturated heterocycles. The van der Waals surface area contributed by atoms with Crippen LogP contribution >= 0.6 is 0 Å². The molecule has 0 bridgehead atoms. The summed E-state index contributed by atoms with van der Waals surface area (Å²) in [5, 5.41) is 0. The van der Waals surface area contributed by atoms with Crippen molar-refractivity contribution in [1.29, 1.82) is 0 Å². The summed E-state index contributed by atoms with van der Waals surface area (Å²) in [5.41, 5.74) is 2.82. The van der Waals surface area contributed by atoms with Crippen molar-refractivity contribution in [3.8, 4) is 11.5 Å². The SMILES string of the molecule is COc1c(C)c(C)c2c(c1C)CCC(COC(C)=O)(COS(C)(=O)=O)O2. The lowest BCUT2D eigenvalue weighted by atomic mass is 9.87. The highest BCUT2D eigenvalue weighted by molar-refractivity contribution is 7.85. The van der Waals surface area contributed by atoms with E-state index >= 15 is 0 Å². The number of carbonyl (C=O) groups is 1. The number of benzene rings is 1. The van der Waals surface area contributed by atoms with Gasteiger partial charge < -0.3 is 14.2 Å². The third-order valence-electron chi connectivity index (χ3n) is 4.74. The Morgan fingerprint density at radius 3 is 2.35 bits per heavy atom. The number of esters is 1. The molecule has 0 saturated carbocycles. The van der Waals surface area contributed by atoms with E-state index in [1.54, 1.807) is 7.11 Å². The molecule has 1 unspecified atom stereocenters. The molecule has 0 aromatic heterocycles. The van der Waals surface area contributed by atoms with Gasteiger partial charge in [0.1, 0.15) is 24.7 Å². The summed E-state index contributed by atoms with van der Waals surface area (Å²) in [6.07, 6.45) is 2.07. The summed E-state index contributed by atoms with van der Waals surface area (Å²) in [6.45, 7) is 6.84. The van der Waals surface area contributed by atoms with E-state index in [0.717, 1.165) is 34.3 Å². The lowest BCUT2D eigenvalue weighted by molar-refractivity contribution is -0.149. The predicted molar refractivity (Wildman–Crippen MR) is 96.3 cm³/mol. The van der Waals surface area contributed by atoms with E-state index in [0.29, 0.717) is 18.6 Å². The van der Waals surface area contributed by atoms with Crippen LogP contribution in [0.2, 0.25) is 0 Å². The second kappa shape index (κ2) is 7.44. The number of hydrogen-bond donors (Lipinski definition) is 0. The first-order valence-corrected chi connectivity index (χ1v) is 10.1. The minimum atomic E-state index is -3.66. The fourth-order valence-corrected chi connectivity index (χ4v) is 3.64. The Morgan fingerprint density at radius 2 is 1.81 bits per heavy atom. The predicted octanol–water partition coefficient (Wildman–Crippen LogP) is 2.22. The zero-order valence-corrected chi connectivity index (χ0v) is 16.9. The van der Waals surface area contributed by atoms with Crippen LogP contribution in [0.15, 0.2) is 0 Å². The Kier molecular flexibility index (Phi) is 5.87. The van der Waals surface area contributed by atoms with Crippen LogP contribution < -0.4 is 9.47 Å². The molecule has 146 valence electrons. The molecule has 1 aromatic carbocycles. The fourth-order valence-electron chi connectivity index (χ4n) is 3.21. The van der Waals surface area contributed by atoms with Crippen LogP contribution in [0.4, 0.5) is 0 Å². The molecule has 7 nitrogen and oxygen atoms in total. The van der Waals surface area contributed by atoms with Gasteiger partial charge in [0.25, 0.3) is 10.1 Å². The van der Waals surface area contributed by atoms with E-state index in [2.05, 4.69) is 0 Å². The number of rotatable bonds is 6. The number of methoxy groups -OCH3 is 1. The van der Waals surface area contributed by atoms with Crippen molar-refractivity contribution in [3.63, 3.8) is 0 Å². The molecule has 0 spiro atoms. The van der Waals surface area contributed by atoms with Crippen LogP contribution in [-0.4, -0.2) is 46.6 Å². The van der Waals surface area contributed by atoms with Gasteiger partial charge in [0.2, 0.25) is 0 Å². The zero-order chi connectivity index (χ0) is 19.7. The van der Waals surface area contributed by atoms with Crippen LogP contribution in [-0.2, 0) is 30.3 Å². The standard InChI is InChI=1S/C18H26O7S/c1-11-12(2)17-15(13(3)16(11)22-5)7-8-18(25-17,9-23-14(4)19)10-24-26(6,20)21/h7-10H2,1-6H3. The zero-order valence-electron chi connectivity index (χ0n) is 16.1. The number of carbonyl (C=O) groups excluding carboxylic acids is 1. The summed E-state index contributed by atoms with van der Waals surface area (Å²) in [4.78, 5) is 11.3. The monoisotopic (exact) mass is 386 g/mol. The van der Waals surface area contributed by atoms with E-state index < -0.39 is 21.7 Å². The van der Waals surface area contributed by atoms with Gasteiger partial charge in [-0.2, -0.15) is 8.42 Å². The van der Waals surface area contributed by atoms with Crippen molar-refractivity contribution in [1.82, 2.24) is 0 Å². The highest BCUT2D eigenvalue weighted by Gasteiger charge is 2.41.